The first-order chi connectivity index (χ1) is 7.58. The largest absolute Gasteiger partial charge is 0.462 e. The second-order valence-electron chi connectivity index (χ2n) is 3.36. The zero-order chi connectivity index (χ0) is 12.1. The van der Waals surface area contributed by atoms with Crippen LogP contribution in [0.25, 0.3) is 0 Å². The molecule has 1 saturated heterocycles. The quantitative estimate of drug-likeness (QED) is 0.467. The Kier molecular flexibility index (Phi) is 4.10. The van der Waals surface area contributed by atoms with Crippen LogP contribution in [-0.4, -0.2) is 56.2 Å². The summed E-state index contributed by atoms with van der Waals surface area (Å²) in [6, 6.07) is -0.180. The summed E-state index contributed by atoms with van der Waals surface area (Å²) in [6.07, 6.45) is 0.0510. The maximum absolute atomic E-state index is 11.4. The van der Waals surface area contributed by atoms with E-state index in [4.69, 9.17) is 0 Å². The zero-order valence-corrected chi connectivity index (χ0v) is 9.19. The van der Waals surface area contributed by atoms with Crippen LogP contribution in [0, 0.1) is 0 Å². The first kappa shape index (κ1) is 12.3. The van der Waals surface area contributed by atoms with Gasteiger partial charge in [0.05, 0.1) is 20.3 Å². The smallest absolute Gasteiger partial charge is 0.407 e. The highest BCUT2D eigenvalue weighted by molar-refractivity contribution is 6.32. The fourth-order valence-corrected chi connectivity index (χ4v) is 1.50. The Bertz CT molecular complexity index is 304. The molecule has 0 aliphatic carbocycles. The summed E-state index contributed by atoms with van der Waals surface area (Å²) in [6.45, 7) is 0.714. The molecule has 0 aromatic heterocycles. The molecule has 1 rings (SSSR count). The molecule has 0 radical (unpaired) electrons. The van der Waals surface area contributed by atoms with Gasteiger partial charge in [0, 0.05) is 13.1 Å². The van der Waals surface area contributed by atoms with E-state index in [2.05, 4.69) is 14.8 Å². The summed E-state index contributed by atoms with van der Waals surface area (Å²) < 4.78 is 8.75. The van der Waals surface area contributed by atoms with Gasteiger partial charge in [-0.15, -0.1) is 0 Å². The number of likely N-dealkylation sites (tertiary alicyclic amines) is 1. The van der Waals surface area contributed by atoms with E-state index in [-0.39, 0.29) is 6.04 Å². The van der Waals surface area contributed by atoms with Crippen molar-refractivity contribution < 1.29 is 23.9 Å². The number of hydrogen-bond donors (Lipinski definition) is 1. The standard InChI is InChI=1S/C9H14N2O5/c1-15-8(13)7(12)11-4-3-6(5-11)10-9(14)16-2/h6H,3-5H2,1-2H3,(H,10,14). The van der Waals surface area contributed by atoms with Gasteiger partial charge in [-0.2, -0.15) is 0 Å². The van der Waals surface area contributed by atoms with Crippen LogP contribution in [-0.2, 0) is 19.1 Å². The molecule has 1 fully saturated rings. The third-order valence-electron chi connectivity index (χ3n) is 2.34. The number of rotatable bonds is 1. The number of nitrogens with one attached hydrogen (secondary N) is 1. The number of methoxy groups -OCH3 is 2. The van der Waals surface area contributed by atoms with Gasteiger partial charge in [0.2, 0.25) is 0 Å². The Morgan fingerprint density at radius 1 is 1.25 bits per heavy atom. The van der Waals surface area contributed by atoms with Crippen LogP contribution < -0.4 is 5.32 Å². The van der Waals surface area contributed by atoms with Crippen molar-refractivity contribution in [3.63, 3.8) is 0 Å². The lowest BCUT2D eigenvalue weighted by molar-refractivity contribution is -0.157. The molecular weight excluding hydrogens is 216 g/mol. The van der Waals surface area contributed by atoms with Crippen molar-refractivity contribution in [1.29, 1.82) is 0 Å². The second kappa shape index (κ2) is 5.34. The van der Waals surface area contributed by atoms with Crippen molar-refractivity contribution in [1.82, 2.24) is 10.2 Å². The molecule has 1 unspecified atom stereocenters. The molecule has 0 aromatic rings. The first-order valence-corrected chi connectivity index (χ1v) is 4.80. The van der Waals surface area contributed by atoms with Crippen LogP contribution in [0.4, 0.5) is 4.79 Å². The van der Waals surface area contributed by atoms with E-state index in [0.717, 1.165) is 7.11 Å². The summed E-state index contributed by atoms with van der Waals surface area (Å²) in [5.74, 6) is -1.57. The van der Waals surface area contributed by atoms with Gasteiger partial charge in [-0.3, -0.25) is 4.79 Å². The minimum atomic E-state index is -0.890. The lowest BCUT2D eigenvalue weighted by Gasteiger charge is -2.15. The summed E-state index contributed by atoms with van der Waals surface area (Å²) in [7, 11) is 2.42. The molecule has 1 atom stereocenters. The second-order valence-corrected chi connectivity index (χ2v) is 3.36. The normalized spacial score (nSPS) is 19.1. The maximum Gasteiger partial charge on any atom is 0.407 e. The third-order valence-corrected chi connectivity index (χ3v) is 2.34. The van der Waals surface area contributed by atoms with E-state index in [1.165, 1.54) is 12.0 Å². The summed E-state index contributed by atoms with van der Waals surface area (Å²) in [5.41, 5.74) is 0. The number of carbonyl (C=O) groups is 3. The summed E-state index contributed by atoms with van der Waals surface area (Å²) >= 11 is 0. The average molecular weight is 230 g/mol. The highest BCUT2D eigenvalue weighted by Crippen LogP contribution is 2.09. The Labute approximate surface area is 92.7 Å². The molecule has 0 saturated carbocycles. The van der Waals surface area contributed by atoms with Crippen LogP contribution in [0.15, 0.2) is 0 Å². The fourth-order valence-electron chi connectivity index (χ4n) is 1.50. The number of esters is 1. The van der Waals surface area contributed by atoms with Gasteiger partial charge in [0.1, 0.15) is 0 Å². The van der Waals surface area contributed by atoms with Crippen molar-refractivity contribution in [3.05, 3.63) is 0 Å². The van der Waals surface area contributed by atoms with Crippen molar-refractivity contribution in [2.75, 3.05) is 27.3 Å². The number of nitrogens with zero attached hydrogens (tertiary/aromatic N) is 1. The number of carbonyl (C=O) groups excluding carboxylic acids is 3. The molecule has 0 aromatic carbocycles. The molecule has 90 valence electrons. The molecule has 1 aliphatic rings. The van der Waals surface area contributed by atoms with Gasteiger partial charge in [-0.25, -0.2) is 9.59 Å². The number of alkyl carbamates (subject to hydrolysis) is 1. The van der Waals surface area contributed by atoms with E-state index in [1.807, 2.05) is 0 Å². The minimum absolute atomic E-state index is 0.180. The predicted molar refractivity (Wildman–Crippen MR) is 52.5 cm³/mol. The molecule has 1 N–H and O–H groups in total. The molecule has 0 spiro atoms. The van der Waals surface area contributed by atoms with Crippen LogP contribution in [0.2, 0.25) is 0 Å². The molecule has 1 heterocycles. The van der Waals surface area contributed by atoms with Crippen molar-refractivity contribution in [3.8, 4) is 0 Å². The zero-order valence-electron chi connectivity index (χ0n) is 9.19. The molecule has 2 amide bonds. The van der Waals surface area contributed by atoms with E-state index in [0.29, 0.717) is 19.5 Å². The fraction of sp³-hybridized carbons (Fsp3) is 0.667. The predicted octanol–water partition coefficient (Wildman–Crippen LogP) is -0.884. The number of amides is 2. The van der Waals surface area contributed by atoms with E-state index < -0.39 is 18.0 Å². The van der Waals surface area contributed by atoms with Gasteiger partial charge in [0.25, 0.3) is 0 Å². The molecule has 7 heteroatoms. The monoisotopic (exact) mass is 230 g/mol. The molecule has 7 nitrogen and oxygen atoms in total. The van der Waals surface area contributed by atoms with Crippen molar-refractivity contribution >= 4 is 18.0 Å². The van der Waals surface area contributed by atoms with Crippen molar-refractivity contribution in [2.24, 2.45) is 0 Å². The molecular formula is C9H14N2O5. The maximum atomic E-state index is 11.4. The topological polar surface area (TPSA) is 84.9 Å². The highest BCUT2D eigenvalue weighted by Gasteiger charge is 2.31. The van der Waals surface area contributed by atoms with Crippen LogP contribution >= 0.6 is 0 Å². The highest BCUT2D eigenvalue weighted by atomic mass is 16.5. The Morgan fingerprint density at radius 3 is 2.50 bits per heavy atom. The van der Waals surface area contributed by atoms with Crippen LogP contribution in [0.5, 0.6) is 0 Å². The Balaban J connectivity index is 2.43. The van der Waals surface area contributed by atoms with Gasteiger partial charge < -0.3 is 19.7 Å². The molecule has 0 bridgehead atoms. The van der Waals surface area contributed by atoms with Gasteiger partial charge in [-0.1, -0.05) is 0 Å². The van der Waals surface area contributed by atoms with E-state index >= 15 is 0 Å². The van der Waals surface area contributed by atoms with Crippen molar-refractivity contribution in [2.45, 2.75) is 12.5 Å². The third kappa shape index (κ3) is 2.85. The summed E-state index contributed by atoms with van der Waals surface area (Å²) in [4.78, 5) is 34.6. The molecule has 16 heavy (non-hydrogen) atoms. The van der Waals surface area contributed by atoms with E-state index in [9.17, 15) is 14.4 Å². The lowest BCUT2D eigenvalue weighted by atomic mass is 10.3. The van der Waals surface area contributed by atoms with Crippen LogP contribution in [0.3, 0.4) is 0 Å². The number of hydrogen-bond acceptors (Lipinski definition) is 5. The lowest BCUT2D eigenvalue weighted by Crippen LogP contribution is -2.40. The minimum Gasteiger partial charge on any atom is -0.462 e. The Morgan fingerprint density at radius 2 is 1.94 bits per heavy atom. The number of ether oxygens (including phenoxy) is 2. The SMILES string of the molecule is COC(=O)NC1CCN(C(=O)C(=O)OC)C1. The molecule has 1 aliphatic heterocycles. The Hall–Kier alpha value is -1.79. The van der Waals surface area contributed by atoms with Gasteiger partial charge >= 0.3 is 18.0 Å². The van der Waals surface area contributed by atoms with Gasteiger partial charge in [0.15, 0.2) is 0 Å². The van der Waals surface area contributed by atoms with Crippen LogP contribution in [0.1, 0.15) is 6.42 Å². The summed E-state index contributed by atoms with van der Waals surface area (Å²) in [5, 5.41) is 2.56. The first-order valence-electron chi connectivity index (χ1n) is 4.80. The van der Waals surface area contributed by atoms with Gasteiger partial charge in [-0.05, 0) is 6.42 Å². The average Bonchev–Trinajstić information content (AvgIpc) is 2.75. The van der Waals surface area contributed by atoms with E-state index in [1.54, 1.807) is 0 Å².